The topological polar surface area (TPSA) is 67.2 Å². The second-order valence-corrected chi connectivity index (χ2v) is 6.33. The number of amides is 1. The van der Waals surface area contributed by atoms with E-state index in [1.165, 1.54) is 0 Å². The number of rotatable bonds is 2. The Morgan fingerprint density at radius 1 is 1.44 bits per heavy atom. The predicted octanol–water partition coefficient (Wildman–Crippen LogP) is 1.34. The quantitative estimate of drug-likeness (QED) is 0.753. The van der Waals surface area contributed by atoms with Crippen molar-refractivity contribution in [2.75, 3.05) is 18.4 Å². The fraction of sp³-hybridized carbons (Fsp3) is 0.462. The molecular weight excluding hydrogens is 246 g/mol. The number of fused-ring (bicyclic) bond motifs is 1. The van der Waals surface area contributed by atoms with Crippen LogP contribution >= 0.6 is 11.8 Å². The molecule has 0 aliphatic carbocycles. The molecule has 2 heterocycles. The second kappa shape index (κ2) is 4.57. The first kappa shape index (κ1) is 12.0. The van der Waals surface area contributed by atoms with E-state index >= 15 is 0 Å². The number of anilines is 1. The zero-order valence-electron chi connectivity index (χ0n) is 10.3. The molecule has 0 aromatic heterocycles. The van der Waals surface area contributed by atoms with Gasteiger partial charge in [-0.1, -0.05) is 6.07 Å². The highest BCUT2D eigenvalue weighted by Gasteiger charge is 2.27. The van der Waals surface area contributed by atoms with Gasteiger partial charge < -0.3 is 16.4 Å². The van der Waals surface area contributed by atoms with Gasteiger partial charge in [0, 0.05) is 29.9 Å². The van der Waals surface area contributed by atoms with Gasteiger partial charge in [-0.05, 0) is 24.6 Å². The summed E-state index contributed by atoms with van der Waals surface area (Å²) in [5.74, 6) is 0.581. The zero-order chi connectivity index (χ0) is 12.7. The monoisotopic (exact) mass is 263 g/mol. The lowest BCUT2D eigenvalue weighted by molar-refractivity contribution is -0.115. The molecule has 1 aromatic carbocycles. The molecule has 3 rings (SSSR count). The summed E-state index contributed by atoms with van der Waals surface area (Å²) in [7, 11) is 0. The van der Waals surface area contributed by atoms with Crippen LogP contribution in [0.4, 0.5) is 5.69 Å². The lowest BCUT2D eigenvalue weighted by atomic mass is 9.89. The van der Waals surface area contributed by atoms with E-state index in [2.05, 4.69) is 22.8 Å². The zero-order valence-corrected chi connectivity index (χ0v) is 11.1. The molecule has 0 saturated carbocycles. The molecule has 2 unspecified atom stereocenters. The minimum atomic E-state index is -0.0205. The van der Waals surface area contributed by atoms with E-state index < -0.39 is 0 Å². The summed E-state index contributed by atoms with van der Waals surface area (Å²) in [6.07, 6.45) is 0. The molecule has 1 amide bonds. The summed E-state index contributed by atoms with van der Waals surface area (Å²) >= 11 is 1.60. The van der Waals surface area contributed by atoms with E-state index in [0.29, 0.717) is 5.92 Å². The van der Waals surface area contributed by atoms with Crippen molar-refractivity contribution in [3.8, 4) is 0 Å². The van der Waals surface area contributed by atoms with Crippen LogP contribution in [-0.2, 0) is 4.79 Å². The Morgan fingerprint density at radius 2 is 2.22 bits per heavy atom. The van der Waals surface area contributed by atoms with Gasteiger partial charge in [0.1, 0.15) is 0 Å². The van der Waals surface area contributed by atoms with Crippen LogP contribution in [0.1, 0.15) is 18.5 Å². The molecule has 1 aromatic rings. The molecule has 4 nitrogen and oxygen atoms in total. The molecule has 18 heavy (non-hydrogen) atoms. The van der Waals surface area contributed by atoms with Gasteiger partial charge in [0.05, 0.1) is 10.9 Å². The van der Waals surface area contributed by atoms with Crippen molar-refractivity contribution in [1.82, 2.24) is 5.32 Å². The van der Waals surface area contributed by atoms with E-state index in [1.54, 1.807) is 11.8 Å². The van der Waals surface area contributed by atoms with E-state index in [4.69, 9.17) is 5.73 Å². The molecular formula is C13H17N3OS. The van der Waals surface area contributed by atoms with Crippen LogP contribution in [0.25, 0.3) is 0 Å². The molecule has 1 fully saturated rings. The average Bonchev–Trinajstić information content (AvgIpc) is 2.27. The molecule has 0 spiro atoms. The molecule has 2 aliphatic heterocycles. The van der Waals surface area contributed by atoms with E-state index in [1.807, 2.05) is 13.0 Å². The van der Waals surface area contributed by atoms with Gasteiger partial charge in [-0.15, -0.1) is 11.8 Å². The molecule has 0 bridgehead atoms. The number of hydrogen-bond acceptors (Lipinski definition) is 4. The number of benzene rings is 1. The Balaban J connectivity index is 1.86. The third kappa shape index (κ3) is 2.02. The minimum Gasteiger partial charge on any atom is -0.324 e. The van der Waals surface area contributed by atoms with Gasteiger partial charge in [0.25, 0.3) is 0 Å². The van der Waals surface area contributed by atoms with Crippen LogP contribution in [-0.4, -0.2) is 24.2 Å². The standard InChI is InChI=1S/C13H17N3OS/c1-7-13(17)16-10-4-8(2-3-11(10)18-7)12(14)9-5-15-6-9/h2-4,7,9,12,15H,5-6,14H2,1H3,(H,16,17). The highest BCUT2D eigenvalue weighted by Crippen LogP contribution is 2.37. The molecule has 5 heteroatoms. The number of nitrogens with one attached hydrogen (secondary N) is 2. The SMILES string of the molecule is CC1Sc2ccc(C(N)C3CNC3)cc2NC1=O. The Kier molecular flexibility index (Phi) is 3.05. The maximum Gasteiger partial charge on any atom is 0.237 e. The molecule has 1 saturated heterocycles. The lowest BCUT2D eigenvalue weighted by Crippen LogP contribution is -2.47. The summed E-state index contributed by atoms with van der Waals surface area (Å²) in [5.41, 5.74) is 8.25. The van der Waals surface area contributed by atoms with Crippen molar-refractivity contribution < 1.29 is 4.79 Å². The lowest BCUT2D eigenvalue weighted by Gasteiger charge is -2.33. The molecule has 0 radical (unpaired) electrons. The highest BCUT2D eigenvalue weighted by atomic mass is 32.2. The normalized spacial score (nSPS) is 25.0. The Labute approximate surface area is 111 Å². The third-order valence-corrected chi connectivity index (χ3v) is 4.82. The van der Waals surface area contributed by atoms with Crippen molar-refractivity contribution in [3.63, 3.8) is 0 Å². The molecule has 4 N–H and O–H groups in total. The summed E-state index contributed by atoms with van der Waals surface area (Å²) in [4.78, 5) is 12.8. The van der Waals surface area contributed by atoms with Crippen molar-refractivity contribution >= 4 is 23.4 Å². The Morgan fingerprint density at radius 3 is 2.89 bits per heavy atom. The van der Waals surface area contributed by atoms with E-state index in [0.717, 1.165) is 29.2 Å². The van der Waals surface area contributed by atoms with Crippen molar-refractivity contribution in [1.29, 1.82) is 0 Å². The largest absolute Gasteiger partial charge is 0.324 e. The fourth-order valence-corrected chi connectivity index (χ4v) is 3.20. The van der Waals surface area contributed by atoms with Crippen molar-refractivity contribution in [2.24, 2.45) is 11.7 Å². The Bertz CT molecular complexity index is 487. The molecule has 2 atom stereocenters. The van der Waals surface area contributed by atoms with Crippen molar-refractivity contribution in [3.05, 3.63) is 23.8 Å². The molecule has 2 aliphatic rings. The summed E-state index contributed by atoms with van der Waals surface area (Å²) < 4.78 is 0. The minimum absolute atomic E-state index is 0.0205. The van der Waals surface area contributed by atoms with Gasteiger partial charge in [-0.3, -0.25) is 4.79 Å². The van der Waals surface area contributed by atoms with Crippen LogP contribution in [0, 0.1) is 5.92 Å². The fourth-order valence-electron chi connectivity index (χ4n) is 2.27. The number of nitrogens with two attached hydrogens (primary N) is 1. The van der Waals surface area contributed by atoms with E-state index in [9.17, 15) is 4.79 Å². The molecule has 96 valence electrons. The van der Waals surface area contributed by atoms with Gasteiger partial charge in [-0.25, -0.2) is 0 Å². The number of carbonyl (C=O) groups is 1. The van der Waals surface area contributed by atoms with Crippen LogP contribution < -0.4 is 16.4 Å². The van der Waals surface area contributed by atoms with Crippen LogP contribution in [0.2, 0.25) is 0 Å². The summed E-state index contributed by atoms with van der Waals surface area (Å²) in [6, 6.07) is 6.23. The van der Waals surface area contributed by atoms with Gasteiger partial charge in [0.2, 0.25) is 5.91 Å². The second-order valence-electron chi connectivity index (χ2n) is 4.95. The highest BCUT2D eigenvalue weighted by molar-refractivity contribution is 8.00. The first-order valence-electron chi connectivity index (χ1n) is 6.23. The average molecular weight is 263 g/mol. The smallest absolute Gasteiger partial charge is 0.237 e. The van der Waals surface area contributed by atoms with Gasteiger partial charge in [0.15, 0.2) is 0 Å². The van der Waals surface area contributed by atoms with Crippen LogP contribution in [0.15, 0.2) is 23.1 Å². The van der Waals surface area contributed by atoms with Crippen LogP contribution in [0.3, 0.4) is 0 Å². The number of carbonyl (C=O) groups excluding carboxylic acids is 1. The van der Waals surface area contributed by atoms with Gasteiger partial charge >= 0.3 is 0 Å². The van der Waals surface area contributed by atoms with Crippen molar-refractivity contribution in [2.45, 2.75) is 23.1 Å². The maximum absolute atomic E-state index is 11.7. The maximum atomic E-state index is 11.7. The predicted molar refractivity (Wildman–Crippen MR) is 73.7 cm³/mol. The van der Waals surface area contributed by atoms with Crippen LogP contribution in [0.5, 0.6) is 0 Å². The first-order chi connectivity index (χ1) is 8.65. The van der Waals surface area contributed by atoms with E-state index in [-0.39, 0.29) is 17.2 Å². The summed E-state index contributed by atoms with van der Waals surface area (Å²) in [6.45, 7) is 3.88. The summed E-state index contributed by atoms with van der Waals surface area (Å²) in [5, 5.41) is 6.16. The van der Waals surface area contributed by atoms with Gasteiger partial charge in [-0.2, -0.15) is 0 Å². The third-order valence-electron chi connectivity index (χ3n) is 3.64. The number of hydrogen-bond donors (Lipinski definition) is 3. The first-order valence-corrected chi connectivity index (χ1v) is 7.11. The Hall–Kier alpha value is -1.04. The number of thioether (sulfide) groups is 1.